The Labute approximate surface area is 158 Å². The number of benzene rings is 2. The summed E-state index contributed by atoms with van der Waals surface area (Å²) in [7, 11) is 3.10. The van der Waals surface area contributed by atoms with Gasteiger partial charge in [-0.05, 0) is 31.0 Å². The molecule has 2 aromatic carbocycles. The number of rotatable bonds is 7. The molecule has 2 unspecified atom stereocenters. The molecule has 1 aliphatic rings. The SMILES string of the molecule is COc1ccc(NC(=O)C2CC2C(=O)NCc2ccc(C)cc2)cc1OC. The topological polar surface area (TPSA) is 76.7 Å². The summed E-state index contributed by atoms with van der Waals surface area (Å²) in [5.41, 5.74) is 2.84. The van der Waals surface area contributed by atoms with E-state index in [1.807, 2.05) is 31.2 Å². The fourth-order valence-corrected chi connectivity index (χ4v) is 2.95. The second-order valence-corrected chi connectivity index (χ2v) is 6.71. The van der Waals surface area contributed by atoms with Crippen molar-refractivity contribution in [2.24, 2.45) is 11.8 Å². The quantitative estimate of drug-likeness (QED) is 0.788. The molecular formula is C21H24N2O4. The monoisotopic (exact) mass is 368 g/mol. The highest BCUT2D eigenvalue weighted by atomic mass is 16.5. The molecule has 6 nitrogen and oxygen atoms in total. The second-order valence-electron chi connectivity index (χ2n) is 6.71. The maximum absolute atomic E-state index is 12.4. The molecule has 2 atom stereocenters. The summed E-state index contributed by atoms with van der Waals surface area (Å²) in [6, 6.07) is 13.2. The van der Waals surface area contributed by atoms with E-state index in [9.17, 15) is 9.59 Å². The van der Waals surface area contributed by atoms with Crippen LogP contribution in [-0.4, -0.2) is 26.0 Å². The number of hydrogen-bond acceptors (Lipinski definition) is 4. The first kappa shape index (κ1) is 18.8. The molecule has 3 rings (SSSR count). The lowest BCUT2D eigenvalue weighted by molar-refractivity contribution is -0.125. The summed E-state index contributed by atoms with van der Waals surface area (Å²) in [4.78, 5) is 24.7. The van der Waals surface area contributed by atoms with Crippen molar-refractivity contribution in [2.75, 3.05) is 19.5 Å². The number of anilines is 1. The molecule has 0 aliphatic heterocycles. The minimum Gasteiger partial charge on any atom is -0.493 e. The number of ether oxygens (including phenoxy) is 2. The first-order valence-electron chi connectivity index (χ1n) is 8.88. The highest BCUT2D eigenvalue weighted by Crippen LogP contribution is 2.40. The Morgan fingerprint density at radius 3 is 2.30 bits per heavy atom. The Kier molecular flexibility index (Phi) is 5.64. The number of carbonyl (C=O) groups excluding carboxylic acids is 2. The third-order valence-corrected chi connectivity index (χ3v) is 4.70. The molecule has 0 radical (unpaired) electrons. The van der Waals surface area contributed by atoms with Crippen LogP contribution in [0, 0.1) is 18.8 Å². The van der Waals surface area contributed by atoms with E-state index in [1.165, 1.54) is 5.56 Å². The standard InChI is InChI=1S/C21H24N2O4/c1-13-4-6-14(7-5-13)12-22-20(24)16-11-17(16)21(25)23-15-8-9-18(26-2)19(10-15)27-3/h4-10,16-17H,11-12H2,1-3H3,(H,22,24)(H,23,25). The Morgan fingerprint density at radius 2 is 1.63 bits per heavy atom. The zero-order valence-electron chi connectivity index (χ0n) is 15.7. The molecule has 0 heterocycles. The third kappa shape index (κ3) is 4.58. The molecule has 1 fully saturated rings. The molecule has 142 valence electrons. The maximum atomic E-state index is 12.4. The van der Waals surface area contributed by atoms with Gasteiger partial charge in [0.15, 0.2) is 11.5 Å². The second kappa shape index (κ2) is 8.12. The van der Waals surface area contributed by atoms with E-state index in [1.54, 1.807) is 32.4 Å². The summed E-state index contributed by atoms with van der Waals surface area (Å²) >= 11 is 0. The van der Waals surface area contributed by atoms with E-state index in [-0.39, 0.29) is 23.7 Å². The van der Waals surface area contributed by atoms with Crippen molar-refractivity contribution >= 4 is 17.5 Å². The van der Waals surface area contributed by atoms with Gasteiger partial charge in [0, 0.05) is 18.3 Å². The molecule has 0 bridgehead atoms. The minimum atomic E-state index is -0.295. The fourth-order valence-electron chi connectivity index (χ4n) is 2.95. The van der Waals surface area contributed by atoms with E-state index in [4.69, 9.17) is 9.47 Å². The Balaban J connectivity index is 1.51. The van der Waals surface area contributed by atoms with Crippen LogP contribution in [0.15, 0.2) is 42.5 Å². The predicted octanol–water partition coefficient (Wildman–Crippen LogP) is 2.90. The number of nitrogens with one attached hydrogen (secondary N) is 2. The van der Waals surface area contributed by atoms with Gasteiger partial charge in [0.1, 0.15) is 0 Å². The van der Waals surface area contributed by atoms with Crippen molar-refractivity contribution in [3.63, 3.8) is 0 Å². The van der Waals surface area contributed by atoms with E-state index >= 15 is 0 Å². The van der Waals surface area contributed by atoms with Gasteiger partial charge in [-0.1, -0.05) is 29.8 Å². The van der Waals surface area contributed by atoms with Gasteiger partial charge in [-0.2, -0.15) is 0 Å². The molecule has 0 saturated heterocycles. The van der Waals surface area contributed by atoms with Crippen molar-refractivity contribution in [1.29, 1.82) is 0 Å². The van der Waals surface area contributed by atoms with Gasteiger partial charge in [-0.3, -0.25) is 9.59 Å². The number of amides is 2. The first-order chi connectivity index (χ1) is 13.0. The normalized spacial score (nSPS) is 17.7. The zero-order chi connectivity index (χ0) is 19.4. The molecule has 2 aromatic rings. The van der Waals surface area contributed by atoms with E-state index in [0.29, 0.717) is 30.2 Å². The largest absolute Gasteiger partial charge is 0.493 e. The summed E-state index contributed by atoms with van der Waals surface area (Å²) in [6.45, 7) is 2.49. The average Bonchev–Trinajstić information content (AvgIpc) is 3.48. The molecule has 0 spiro atoms. The van der Waals surface area contributed by atoms with Gasteiger partial charge in [0.05, 0.1) is 26.1 Å². The molecule has 6 heteroatoms. The molecule has 2 N–H and O–H groups in total. The van der Waals surface area contributed by atoms with Gasteiger partial charge in [0.25, 0.3) is 0 Å². The lowest BCUT2D eigenvalue weighted by Gasteiger charge is -2.10. The first-order valence-corrected chi connectivity index (χ1v) is 8.88. The predicted molar refractivity (Wildman–Crippen MR) is 103 cm³/mol. The van der Waals surface area contributed by atoms with Crippen LogP contribution in [0.1, 0.15) is 17.5 Å². The Morgan fingerprint density at radius 1 is 0.963 bits per heavy atom. The highest BCUT2D eigenvalue weighted by Gasteiger charge is 2.47. The van der Waals surface area contributed by atoms with E-state index in [2.05, 4.69) is 10.6 Å². The molecule has 1 aliphatic carbocycles. The number of hydrogen-bond donors (Lipinski definition) is 2. The third-order valence-electron chi connectivity index (χ3n) is 4.70. The van der Waals surface area contributed by atoms with Crippen LogP contribution in [0.5, 0.6) is 11.5 Å². The van der Waals surface area contributed by atoms with Crippen LogP contribution in [0.3, 0.4) is 0 Å². The fraction of sp³-hybridized carbons (Fsp3) is 0.333. The van der Waals surface area contributed by atoms with Gasteiger partial charge in [0.2, 0.25) is 11.8 Å². The summed E-state index contributed by atoms with van der Waals surface area (Å²) < 4.78 is 10.4. The average molecular weight is 368 g/mol. The van der Waals surface area contributed by atoms with Crippen molar-refractivity contribution < 1.29 is 19.1 Å². The van der Waals surface area contributed by atoms with Gasteiger partial charge in [-0.25, -0.2) is 0 Å². The smallest absolute Gasteiger partial charge is 0.228 e. The molecule has 27 heavy (non-hydrogen) atoms. The van der Waals surface area contributed by atoms with Crippen molar-refractivity contribution in [2.45, 2.75) is 19.9 Å². The van der Waals surface area contributed by atoms with Gasteiger partial charge < -0.3 is 20.1 Å². The van der Waals surface area contributed by atoms with Crippen LogP contribution in [0.25, 0.3) is 0 Å². The van der Waals surface area contributed by atoms with Crippen molar-refractivity contribution in [3.05, 3.63) is 53.6 Å². The molecule has 0 aromatic heterocycles. The lowest BCUT2D eigenvalue weighted by Crippen LogP contribution is -2.27. The van der Waals surface area contributed by atoms with Crippen LogP contribution in [0.4, 0.5) is 5.69 Å². The zero-order valence-corrected chi connectivity index (χ0v) is 15.7. The minimum absolute atomic E-state index is 0.0805. The van der Waals surface area contributed by atoms with Gasteiger partial charge >= 0.3 is 0 Å². The van der Waals surface area contributed by atoms with Gasteiger partial charge in [-0.15, -0.1) is 0 Å². The van der Waals surface area contributed by atoms with Crippen LogP contribution < -0.4 is 20.1 Å². The number of methoxy groups -OCH3 is 2. The summed E-state index contributed by atoms with van der Waals surface area (Å²) in [6.07, 6.45) is 0.568. The van der Waals surface area contributed by atoms with Crippen LogP contribution in [-0.2, 0) is 16.1 Å². The molecular weight excluding hydrogens is 344 g/mol. The molecule has 1 saturated carbocycles. The van der Waals surface area contributed by atoms with E-state index in [0.717, 1.165) is 5.56 Å². The number of carbonyl (C=O) groups is 2. The molecule has 2 amide bonds. The lowest BCUT2D eigenvalue weighted by atomic mass is 10.1. The Hall–Kier alpha value is -3.02. The van der Waals surface area contributed by atoms with Crippen molar-refractivity contribution in [1.82, 2.24) is 5.32 Å². The maximum Gasteiger partial charge on any atom is 0.228 e. The summed E-state index contributed by atoms with van der Waals surface area (Å²) in [5, 5.41) is 5.75. The highest BCUT2D eigenvalue weighted by molar-refractivity contribution is 5.99. The summed E-state index contributed by atoms with van der Waals surface area (Å²) in [5.74, 6) is 0.334. The van der Waals surface area contributed by atoms with Crippen LogP contribution >= 0.6 is 0 Å². The van der Waals surface area contributed by atoms with E-state index < -0.39 is 0 Å². The van der Waals surface area contributed by atoms with Crippen LogP contribution in [0.2, 0.25) is 0 Å². The number of aryl methyl sites for hydroxylation is 1. The van der Waals surface area contributed by atoms with Crippen molar-refractivity contribution in [3.8, 4) is 11.5 Å². The Bertz CT molecular complexity index is 833.